The second-order valence-corrected chi connectivity index (χ2v) is 7.09. The molecule has 1 aliphatic rings. The van der Waals surface area contributed by atoms with Crippen molar-refractivity contribution in [2.75, 3.05) is 24.5 Å². The minimum atomic E-state index is 0.162. The SMILES string of the molecule is CCNC(=O)C1CCN(c2nc3c(C)cc(C)cc3s2)CC1. The van der Waals surface area contributed by atoms with Gasteiger partial charge in [-0.1, -0.05) is 17.4 Å². The molecule has 1 aliphatic heterocycles. The van der Waals surface area contributed by atoms with E-state index in [2.05, 4.69) is 36.2 Å². The van der Waals surface area contributed by atoms with Gasteiger partial charge in [0.1, 0.15) is 0 Å². The highest BCUT2D eigenvalue weighted by Crippen LogP contribution is 2.33. The van der Waals surface area contributed by atoms with Gasteiger partial charge in [0.25, 0.3) is 0 Å². The number of anilines is 1. The summed E-state index contributed by atoms with van der Waals surface area (Å²) in [7, 11) is 0. The molecular formula is C17H23N3OS. The third-order valence-electron chi connectivity index (χ3n) is 4.31. The smallest absolute Gasteiger partial charge is 0.223 e. The number of carbonyl (C=O) groups excluding carboxylic acids is 1. The van der Waals surface area contributed by atoms with Gasteiger partial charge in [0.2, 0.25) is 5.91 Å². The van der Waals surface area contributed by atoms with Crippen molar-refractivity contribution in [3.63, 3.8) is 0 Å². The molecule has 2 heterocycles. The molecule has 0 spiro atoms. The summed E-state index contributed by atoms with van der Waals surface area (Å²) < 4.78 is 1.26. The summed E-state index contributed by atoms with van der Waals surface area (Å²) in [6, 6.07) is 4.40. The van der Waals surface area contributed by atoms with Gasteiger partial charge in [-0.3, -0.25) is 4.79 Å². The third kappa shape index (κ3) is 2.95. The Bertz CT molecular complexity index is 687. The topological polar surface area (TPSA) is 45.2 Å². The van der Waals surface area contributed by atoms with Gasteiger partial charge in [-0.25, -0.2) is 4.98 Å². The molecule has 1 N–H and O–H groups in total. The molecule has 1 fully saturated rings. The fourth-order valence-corrected chi connectivity index (χ4v) is 4.34. The number of nitrogens with one attached hydrogen (secondary N) is 1. The molecule has 0 unspecified atom stereocenters. The summed E-state index contributed by atoms with van der Waals surface area (Å²) in [4.78, 5) is 19.1. The second kappa shape index (κ2) is 6.24. The largest absolute Gasteiger partial charge is 0.356 e. The number of amides is 1. The van der Waals surface area contributed by atoms with E-state index in [-0.39, 0.29) is 11.8 Å². The summed E-state index contributed by atoms with van der Waals surface area (Å²) in [5.41, 5.74) is 3.65. The number of aryl methyl sites for hydroxylation is 2. The molecule has 0 bridgehead atoms. The van der Waals surface area contributed by atoms with Crippen LogP contribution in [0.4, 0.5) is 5.13 Å². The van der Waals surface area contributed by atoms with E-state index in [1.54, 1.807) is 11.3 Å². The second-order valence-electron chi connectivity index (χ2n) is 6.08. The first-order chi connectivity index (χ1) is 10.6. The molecular weight excluding hydrogens is 294 g/mol. The maximum absolute atomic E-state index is 11.9. The van der Waals surface area contributed by atoms with Gasteiger partial charge in [0.15, 0.2) is 5.13 Å². The number of nitrogens with zero attached hydrogens (tertiary/aromatic N) is 2. The van der Waals surface area contributed by atoms with Crippen LogP contribution in [-0.2, 0) is 4.79 Å². The van der Waals surface area contributed by atoms with Crippen molar-refractivity contribution >= 4 is 32.6 Å². The van der Waals surface area contributed by atoms with Crippen LogP contribution in [0.25, 0.3) is 10.2 Å². The lowest BCUT2D eigenvalue weighted by Crippen LogP contribution is -2.40. The van der Waals surface area contributed by atoms with Crippen LogP contribution in [0.1, 0.15) is 30.9 Å². The molecule has 1 aromatic carbocycles. The Morgan fingerprint density at radius 3 is 2.77 bits per heavy atom. The van der Waals surface area contributed by atoms with Gasteiger partial charge < -0.3 is 10.2 Å². The summed E-state index contributed by atoms with van der Waals surface area (Å²) in [6.07, 6.45) is 1.83. The van der Waals surface area contributed by atoms with E-state index in [4.69, 9.17) is 4.98 Å². The number of thiazole rings is 1. The summed E-state index contributed by atoms with van der Waals surface area (Å²) in [6.45, 7) is 8.77. The highest BCUT2D eigenvalue weighted by atomic mass is 32.1. The Kier molecular flexibility index (Phi) is 4.34. The predicted octanol–water partition coefficient (Wildman–Crippen LogP) is 3.27. The monoisotopic (exact) mass is 317 g/mol. The molecule has 0 atom stereocenters. The van der Waals surface area contributed by atoms with Crippen LogP contribution < -0.4 is 10.2 Å². The first-order valence-electron chi connectivity index (χ1n) is 7.99. The maximum Gasteiger partial charge on any atom is 0.223 e. The molecule has 22 heavy (non-hydrogen) atoms. The Hall–Kier alpha value is -1.62. The van der Waals surface area contributed by atoms with Gasteiger partial charge in [-0.05, 0) is 50.8 Å². The van der Waals surface area contributed by atoms with Crippen molar-refractivity contribution < 1.29 is 4.79 Å². The highest BCUT2D eigenvalue weighted by Gasteiger charge is 2.26. The predicted molar refractivity (Wildman–Crippen MR) is 92.7 cm³/mol. The van der Waals surface area contributed by atoms with E-state index in [0.29, 0.717) is 0 Å². The molecule has 118 valence electrons. The Morgan fingerprint density at radius 2 is 2.09 bits per heavy atom. The van der Waals surface area contributed by atoms with Crippen molar-refractivity contribution in [3.8, 4) is 0 Å². The Labute approximate surface area is 135 Å². The van der Waals surface area contributed by atoms with Gasteiger partial charge in [0.05, 0.1) is 10.2 Å². The first kappa shape index (κ1) is 15.3. The van der Waals surface area contributed by atoms with Crippen molar-refractivity contribution in [1.82, 2.24) is 10.3 Å². The van der Waals surface area contributed by atoms with Crippen molar-refractivity contribution in [2.45, 2.75) is 33.6 Å². The summed E-state index contributed by atoms with van der Waals surface area (Å²) >= 11 is 1.77. The van der Waals surface area contributed by atoms with Crippen LogP contribution in [0.5, 0.6) is 0 Å². The molecule has 1 amide bonds. The third-order valence-corrected chi connectivity index (χ3v) is 5.37. The summed E-state index contributed by atoms with van der Waals surface area (Å²) in [5.74, 6) is 0.368. The lowest BCUT2D eigenvalue weighted by atomic mass is 9.96. The number of hydrogen-bond donors (Lipinski definition) is 1. The first-order valence-corrected chi connectivity index (χ1v) is 8.80. The number of benzene rings is 1. The average molecular weight is 317 g/mol. The quantitative estimate of drug-likeness (QED) is 0.945. The van der Waals surface area contributed by atoms with E-state index in [1.165, 1.54) is 15.8 Å². The zero-order valence-electron chi connectivity index (χ0n) is 13.5. The summed E-state index contributed by atoms with van der Waals surface area (Å²) in [5, 5.41) is 4.03. The van der Waals surface area contributed by atoms with E-state index in [0.717, 1.165) is 43.1 Å². The molecule has 1 aromatic heterocycles. The number of fused-ring (bicyclic) bond motifs is 1. The van der Waals surface area contributed by atoms with E-state index in [9.17, 15) is 4.79 Å². The molecule has 3 rings (SSSR count). The molecule has 0 aliphatic carbocycles. The van der Waals surface area contributed by atoms with E-state index in [1.807, 2.05) is 6.92 Å². The number of carbonyl (C=O) groups is 1. The van der Waals surface area contributed by atoms with Crippen molar-refractivity contribution in [1.29, 1.82) is 0 Å². The van der Waals surface area contributed by atoms with Crippen molar-refractivity contribution in [2.24, 2.45) is 5.92 Å². The molecule has 2 aromatic rings. The van der Waals surface area contributed by atoms with Crippen LogP contribution in [0.3, 0.4) is 0 Å². The van der Waals surface area contributed by atoms with Gasteiger partial charge in [0, 0.05) is 25.6 Å². The number of aromatic nitrogens is 1. The standard InChI is InChI=1S/C17H23N3OS/c1-4-18-16(21)13-5-7-20(8-6-13)17-19-15-12(3)9-11(2)10-14(15)22-17/h9-10,13H,4-8H2,1-3H3,(H,18,21). The van der Waals surface area contributed by atoms with Crippen LogP contribution in [0.2, 0.25) is 0 Å². The van der Waals surface area contributed by atoms with Crippen LogP contribution in [-0.4, -0.2) is 30.5 Å². The number of hydrogen-bond acceptors (Lipinski definition) is 4. The average Bonchev–Trinajstić information content (AvgIpc) is 2.92. The van der Waals surface area contributed by atoms with Crippen molar-refractivity contribution in [3.05, 3.63) is 23.3 Å². The molecule has 0 radical (unpaired) electrons. The highest BCUT2D eigenvalue weighted by molar-refractivity contribution is 7.22. The van der Waals surface area contributed by atoms with Gasteiger partial charge >= 0.3 is 0 Å². The molecule has 4 nitrogen and oxygen atoms in total. The minimum Gasteiger partial charge on any atom is -0.356 e. The lowest BCUT2D eigenvalue weighted by Gasteiger charge is -2.30. The molecule has 5 heteroatoms. The van der Waals surface area contributed by atoms with Crippen LogP contribution in [0.15, 0.2) is 12.1 Å². The van der Waals surface area contributed by atoms with Crippen LogP contribution in [0, 0.1) is 19.8 Å². The van der Waals surface area contributed by atoms with Gasteiger partial charge in [-0.2, -0.15) is 0 Å². The maximum atomic E-state index is 11.9. The Balaban J connectivity index is 1.74. The number of piperidine rings is 1. The lowest BCUT2D eigenvalue weighted by molar-refractivity contribution is -0.125. The van der Waals surface area contributed by atoms with Crippen LogP contribution >= 0.6 is 11.3 Å². The normalized spacial score (nSPS) is 16.2. The Morgan fingerprint density at radius 1 is 1.36 bits per heavy atom. The minimum absolute atomic E-state index is 0.162. The fourth-order valence-electron chi connectivity index (χ4n) is 3.15. The molecule has 0 saturated carbocycles. The van der Waals surface area contributed by atoms with E-state index < -0.39 is 0 Å². The zero-order valence-corrected chi connectivity index (χ0v) is 14.3. The van der Waals surface area contributed by atoms with Gasteiger partial charge in [-0.15, -0.1) is 0 Å². The van der Waals surface area contributed by atoms with E-state index >= 15 is 0 Å². The number of rotatable bonds is 3. The fraction of sp³-hybridized carbons (Fsp3) is 0.529. The zero-order chi connectivity index (χ0) is 15.7. The molecule has 1 saturated heterocycles.